The molecular weight excluding hydrogens is 286 g/mol. The van der Waals surface area contributed by atoms with Gasteiger partial charge in [0, 0.05) is 6.42 Å². The quantitative estimate of drug-likeness (QED) is 0.739. The van der Waals surface area contributed by atoms with Crippen molar-refractivity contribution in [3.63, 3.8) is 0 Å². The molecule has 2 heterocycles. The lowest BCUT2D eigenvalue weighted by molar-refractivity contribution is -0.140. The molecule has 21 heavy (non-hydrogen) atoms. The number of rotatable bonds is 4. The van der Waals surface area contributed by atoms with Gasteiger partial charge >= 0.3 is 17.9 Å². The Labute approximate surface area is 118 Å². The predicted molar refractivity (Wildman–Crippen MR) is 66.3 cm³/mol. The summed E-state index contributed by atoms with van der Waals surface area (Å²) in [5.74, 6) is -4.84. The Kier molecular flexibility index (Phi) is 3.74. The van der Waals surface area contributed by atoms with Crippen LogP contribution in [0.25, 0.3) is 0 Å². The summed E-state index contributed by atoms with van der Waals surface area (Å²) in [6.45, 7) is 1.48. The molecule has 1 aromatic rings. The van der Waals surface area contributed by atoms with Crippen molar-refractivity contribution >= 4 is 17.9 Å². The van der Waals surface area contributed by atoms with Crippen LogP contribution < -0.4 is 9.47 Å². The van der Waals surface area contributed by atoms with E-state index in [0.717, 1.165) is 0 Å². The van der Waals surface area contributed by atoms with Crippen LogP contribution in [0.2, 0.25) is 0 Å². The van der Waals surface area contributed by atoms with Crippen LogP contribution in [0.4, 0.5) is 0 Å². The zero-order chi connectivity index (χ0) is 15.7. The molecule has 0 amide bonds. The molecule has 0 aliphatic carbocycles. The number of ether oxygens (including phenoxy) is 2. The van der Waals surface area contributed by atoms with Crippen molar-refractivity contribution in [1.29, 1.82) is 0 Å². The summed E-state index contributed by atoms with van der Waals surface area (Å²) in [7, 11) is 0. The standard InChI is InChI=1S/C12H13NO8/c1-5(10(14)15)13-6(11(16)17)8-9(7(13)12(18)19)21-4-2-3-20-8/h5H,2-4H2,1H3,(H,14,15)(H,16,17)(H,18,19). The molecule has 0 saturated carbocycles. The number of aromatic carboxylic acids is 2. The third kappa shape index (κ3) is 2.37. The number of hydrogen-bond donors (Lipinski definition) is 3. The lowest BCUT2D eigenvalue weighted by atomic mass is 10.3. The van der Waals surface area contributed by atoms with Gasteiger partial charge in [-0.2, -0.15) is 0 Å². The van der Waals surface area contributed by atoms with Gasteiger partial charge in [0.1, 0.15) is 6.04 Å². The van der Waals surface area contributed by atoms with E-state index in [-0.39, 0.29) is 24.7 Å². The Balaban J connectivity index is 2.80. The van der Waals surface area contributed by atoms with Crippen molar-refractivity contribution in [2.24, 2.45) is 0 Å². The van der Waals surface area contributed by atoms with Crippen LogP contribution in [-0.2, 0) is 4.79 Å². The number of hydrogen-bond acceptors (Lipinski definition) is 5. The van der Waals surface area contributed by atoms with Gasteiger partial charge in [-0.1, -0.05) is 0 Å². The topological polar surface area (TPSA) is 135 Å². The average molecular weight is 299 g/mol. The Hall–Kier alpha value is -2.71. The van der Waals surface area contributed by atoms with Crippen LogP contribution in [0.15, 0.2) is 0 Å². The van der Waals surface area contributed by atoms with Gasteiger partial charge in [-0.25, -0.2) is 14.4 Å². The Morgan fingerprint density at radius 2 is 1.43 bits per heavy atom. The lowest BCUT2D eigenvalue weighted by Gasteiger charge is -2.14. The molecule has 0 fully saturated rings. The molecule has 0 saturated heterocycles. The summed E-state index contributed by atoms with van der Waals surface area (Å²) < 4.78 is 11.2. The number of carbonyl (C=O) groups is 3. The molecule has 3 N–H and O–H groups in total. The van der Waals surface area contributed by atoms with Gasteiger partial charge in [0.15, 0.2) is 22.9 Å². The smallest absolute Gasteiger partial charge is 0.356 e. The van der Waals surface area contributed by atoms with E-state index in [1.807, 2.05) is 0 Å². The second-order valence-electron chi connectivity index (χ2n) is 4.40. The third-order valence-electron chi connectivity index (χ3n) is 3.05. The summed E-state index contributed by atoms with van der Waals surface area (Å²) in [4.78, 5) is 34.0. The molecule has 0 radical (unpaired) electrons. The number of carboxylic acids is 3. The normalized spacial score (nSPS) is 15.1. The fraction of sp³-hybridized carbons (Fsp3) is 0.417. The molecule has 1 unspecified atom stereocenters. The molecular formula is C12H13NO8. The van der Waals surface area contributed by atoms with Crippen molar-refractivity contribution in [3.05, 3.63) is 11.4 Å². The summed E-state index contributed by atoms with van der Waals surface area (Å²) in [6, 6.07) is -1.40. The first-order valence-corrected chi connectivity index (χ1v) is 6.09. The predicted octanol–water partition coefficient (Wildman–Crippen LogP) is 0.691. The van der Waals surface area contributed by atoms with Crippen molar-refractivity contribution < 1.29 is 39.2 Å². The van der Waals surface area contributed by atoms with Gasteiger partial charge in [0.05, 0.1) is 13.2 Å². The van der Waals surface area contributed by atoms with E-state index >= 15 is 0 Å². The Morgan fingerprint density at radius 3 is 1.76 bits per heavy atom. The van der Waals surface area contributed by atoms with Crippen LogP contribution in [0.5, 0.6) is 11.5 Å². The summed E-state index contributed by atoms with van der Waals surface area (Å²) >= 11 is 0. The molecule has 9 heteroatoms. The van der Waals surface area contributed by atoms with E-state index < -0.39 is 35.3 Å². The summed E-state index contributed by atoms with van der Waals surface area (Å²) in [5, 5.41) is 27.7. The Bertz CT molecular complexity index is 576. The maximum Gasteiger partial charge on any atom is 0.356 e. The number of carboxylic acid groups (broad SMARTS) is 3. The maximum atomic E-state index is 11.4. The average Bonchev–Trinajstić information content (AvgIpc) is 2.54. The number of aromatic nitrogens is 1. The SMILES string of the molecule is CC(C(=O)O)n1c(C(=O)O)c2c(c1C(=O)O)OCCCO2. The number of aliphatic carboxylic acids is 1. The van der Waals surface area contributed by atoms with Crippen molar-refractivity contribution in [2.75, 3.05) is 13.2 Å². The molecule has 0 aromatic carbocycles. The van der Waals surface area contributed by atoms with Crippen LogP contribution >= 0.6 is 0 Å². The fourth-order valence-corrected chi connectivity index (χ4v) is 2.12. The van der Waals surface area contributed by atoms with Crippen molar-refractivity contribution in [2.45, 2.75) is 19.4 Å². The highest BCUT2D eigenvalue weighted by Gasteiger charge is 2.37. The van der Waals surface area contributed by atoms with Crippen LogP contribution in [0.1, 0.15) is 40.4 Å². The molecule has 1 atom stereocenters. The van der Waals surface area contributed by atoms with Crippen LogP contribution in [0.3, 0.4) is 0 Å². The molecule has 1 aliphatic heterocycles. The second kappa shape index (κ2) is 5.35. The molecule has 0 spiro atoms. The van der Waals surface area contributed by atoms with Crippen molar-refractivity contribution in [1.82, 2.24) is 4.57 Å². The van der Waals surface area contributed by atoms with Gasteiger partial charge in [-0.05, 0) is 6.92 Å². The van der Waals surface area contributed by atoms with Gasteiger partial charge < -0.3 is 29.4 Å². The molecule has 114 valence electrons. The largest absolute Gasteiger partial charge is 0.487 e. The van der Waals surface area contributed by atoms with Gasteiger partial charge in [-0.3, -0.25) is 0 Å². The van der Waals surface area contributed by atoms with Gasteiger partial charge in [0.25, 0.3) is 0 Å². The van der Waals surface area contributed by atoms with Crippen molar-refractivity contribution in [3.8, 4) is 11.5 Å². The highest BCUT2D eigenvalue weighted by molar-refractivity contribution is 5.99. The summed E-state index contributed by atoms with van der Waals surface area (Å²) in [6.07, 6.45) is 0.460. The van der Waals surface area contributed by atoms with E-state index in [2.05, 4.69) is 0 Å². The van der Waals surface area contributed by atoms with E-state index in [9.17, 15) is 24.6 Å². The number of nitrogens with zero attached hydrogens (tertiary/aromatic N) is 1. The monoisotopic (exact) mass is 299 g/mol. The van der Waals surface area contributed by atoms with E-state index in [0.29, 0.717) is 11.0 Å². The zero-order valence-electron chi connectivity index (χ0n) is 11.0. The fourth-order valence-electron chi connectivity index (χ4n) is 2.12. The number of fused-ring (bicyclic) bond motifs is 1. The second-order valence-corrected chi connectivity index (χ2v) is 4.40. The highest BCUT2D eigenvalue weighted by atomic mass is 16.5. The highest BCUT2D eigenvalue weighted by Crippen LogP contribution is 2.41. The summed E-state index contributed by atoms with van der Waals surface area (Å²) in [5.41, 5.74) is -1.08. The minimum absolute atomic E-state index is 0.151. The van der Waals surface area contributed by atoms with E-state index in [4.69, 9.17) is 14.6 Å². The molecule has 1 aliphatic rings. The third-order valence-corrected chi connectivity index (χ3v) is 3.05. The lowest BCUT2D eigenvalue weighted by Crippen LogP contribution is -2.24. The van der Waals surface area contributed by atoms with E-state index in [1.165, 1.54) is 6.92 Å². The van der Waals surface area contributed by atoms with E-state index in [1.54, 1.807) is 0 Å². The first-order valence-electron chi connectivity index (χ1n) is 6.09. The first kappa shape index (κ1) is 14.7. The van der Waals surface area contributed by atoms with Crippen LogP contribution in [0, 0.1) is 0 Å². The minimum atomic E-state index is -1.49. The molecule has 1 aromatic heterocycles. The molecule has 2 rings (SSSR count). The minimum Gasteiger partial charge on any atom is -0.487 e. The maximum absolute atomic E-state index is 11.4. The first-order chi connectivity index (χ1) is 9.86. The molecule has 0 bridgehead atoms. The molecule has 9 nitrogen and oxygen atoms in total. The zero-order valence-corrected chi connectivity index (χ0v) is 11.0. The van der Waals surface area contributed by atoms with Gasteiger partial charge in [0.2, 0.25) is 0 Å². The Morgan fingerprint density at radius 1 is 1.00 bits per heavy atom. The van der Waals surface area contributed by atoms with Gasteiger partial charge in [-0.15, -0.1) is 0 Å². The van der Waals surface area contributed by atoms with Crippen LogP contribution in [-0.4, -0.2) is 51.0 Å².